The molecule has 2 N–H and O–H groups in total. The first-order valence-corrected chi connectivity index (χ1v) is 20.6. The van der Waals surface area contributed by atoms with Gasteiger partial charge in [0.05, 0.1) is 6.04 Å². The van der Waals surface area contributed by atoms with Gasteiger partial charge < -0.3 is 14.4 Å². The molecule has 8 heteroatoms. The third-order valence-electron chi connectivity index (χ3n) is 7.85. The highest BCUT2D eigenvalue weighted by atomic mass is 28.4. The number of nitrogens with one attached hydrogen (secondary N) is 2. The summed E-state index contributed by atoms with van der Waals surface area (Å²) in [5.41, 5.74) is 0. The van der Waals surface area contributed by atoms with Gasteiger partial charge in [0.15, 0.2) is 8.24 Å². The van der Waals surface area contributed by atoms with E-state index in [4.69, 9.17) is 4.43 Å². The quantitative estimate of drug-likeness (QED) is 0.388. The van der Waals surface area contributed by atoms with E-state index in [-0.39, 0.29) is 39.5 Å². The molecule has 0 fully saturated rings. The van der Waals surface area contributed by atoms with Crippen LogP contribution < -0.4 is 9.96 Å². The molecule has 1 amide bonds. The molecule has 0 aromatic carbocycles. The largest absolute Gasteiger partial charge is 0.519 e. The highest BCUT2D eigenvalue weighted by Gasteiger charge is 2.43. The van der Waals surface area contributed by atoms with Crippen molar-refractivity contribution in [3.8, 4) is 0 Å². The smallest absolute Gasteiger partial charge is 0.292 e. The van der Waals surface area contributed by atoms with Crippen molar-refractivity contribution in [3.05, 3.63) is 0 Å². The molecular weight excluding hydrogens is 437 g/mol. The second kappa shape index (κ2) is 9.81. The SMILES string of the molecule is CC(C)(C)[Si](C)(C)NC(=O)C(CCC(=O)O[Si](C)(C)C(C)(C)C)N[Si](C)(C)C(C)(C)C. The van der Waals surface area contributed by atoms with Crippen LogP contribution in [-0.2, 0) is 14.0 Å². The zero-order valence-corrected chi connectivity index (χ0v) is 26.2. The fourth-order valence-corrected chi connectivity index (χ4v) is 5.98. The Morgan fingerprint density at radius 3 is 1.52 bits per heavy atom. The van der Waals surface area contributed by atoms with Crippen molar-refractivity contribution in [1.29, 1.82) is 0 Å². The average Bonchev–Trinajstić information content (AvgIpc) is 2.46. The van der Waals surface area contributed by atoms with Gasteiger partial charge in [0.25, 0.3) is 14.3 Å². The minimum Gasteiger partial charge on any atom is -0.519 e. The van der Waals surface area contributed by atoms with Crippen LogP contribution in [0.5, 0.6) is 0 Å². The predicted octanol–water partition coefficient (Wildman–Crippen LogP) is 6.40. The molecule has 1 atom stereocenters. The summed E-state index contributed by atoms with van der Waals surface area (Å²) in [4.78, 5) is 33.2. The molecule has 0 bridgehead atoms. The van der Waals surface area contributed by atoms with Crippen molar-refractivity contribution in [2.45, 2.75) is 136 Å². The van der Waals surface area contributed by atoms with Crippen molar-refractivity contribution in [2.75, 3.05) is 0 Å². The van der Waals surface area contributed by atoms with Crippen molar-refractivity contribution in [1.82, 2.24) is 9.96 Å². The summed E-state index contributed by atoms with van der Waals surface area (Å²) in [6.07, 6.45) is 0.712. The summed E-state index contributed by atoms with van der Waals surface area (Å²) in [6.45, 7) is 32.7. The van der Waals surface area contributed by atoms with E-state index in [0.717, 1.165) is 0 Å². The van der Waals surface area contributed by atoms with Crippen LogP contribution in [0.3, 0.4) is 0 Å². The van der Waals surface area contributed by atoms with Crippen LogP contribution in [-0.4, -0.2) is 42.7 Å². The van der Waals surface area contributed by atoms with E-state index >= 15 is 0 Å². The fraction of sp³-hybridized carbons (Fsp3) is 0.913. The van der Waals surface area contributed by atoms with Gasteiger partial charge >= 0.3 is 0 Å². The van der Waals surface area contributed by atoms with Crippen LogP contribution in [0.15, 0.2) is 0 Å². The number of hydrogen-bond acceptors (Lipinski definition) is 4. The van der Waals surface area contributed by atoms with Crippen LogP contribution in [0.25, 0.3) is 0 Å². The summed E-state index contributed by atoms with van der Waals surface area (Å²) < 4.78 is 5.95. The van der Waals surface area contributed by atoms with E-state index in [1.165, 1.54) is 0 Å². The third-order valence-corrected chi connectivity index (χ3v) is 21.6. The number of hydrogen-bond donors (Lipinski definition) is 2. The minimum atomic E-state index is -2.16. The zero-order chi connectivity index (χ0) is 25.3. The fourth-order valence-electron chi connectivity index (χ4n) is 2.25. The molecule has 31 heavy (non-hydrogen) atoms. The zero-order valence-electron chi connectivity index (χ0n) is 23.2. The second-order valence-electron chi connectivity index (χ2n) is 13.7. The lowest BCUT2D eigenvalue weighted by atomic mass is 10.1. The summed E-state index contributed by atoms with van der Waals surface area (Å²) in [5.74, 6) is -0.162. The number of amides is 1. The van der Waals surface area contributed by atoms with Gasteiger partial charge in [-0.25, -0.2) is 0 Å². The van der Waals surface area contributed by atoms with Crippen LogP contribution in [0, 0.1) is 0 Å². The monoisotopic (exact) mass is 488 g/mol. The Morgan fingerprint density at radius 2 is 1.16 bits per heavy atom. The Bertz CT molecular complexity index is 640. The maximum absolute atomic E-state index is 13.4. The molecule has 0 saturated heterocycles. The predicted molar refractivity (Wildman–Crippen MR) is 142 cm³/mol. The van der Waals surface area contributed by atoms with Crippen LogP contribution in [0.4, 0.5) is 0 Å². The van der Waals surface area contributed by atoms with E-state index < -0.39 is 24.8 Å². The standard InChI is InChI=1S/C23H52N2O3Si3/c1-21(2,3)29(10,11)24-18(20(27)25-30(12,13)22(4,5)6)16-17-19(26)28-31(14,15)23(7,8)9/h18,24H,16-17H2,1-15H3,(H,25,27). The van der Waals surface area contributed by atoms with Gasteiger partial charge in [0.2, 0.25) is 5.91 Å². The molecule has 184 valence electrons. The molecule has 0 aromatic heterocycles. The Hall–Kier alpha value is -0.449. The molecule has 0 rings (SSSR count). The highest BCUT2D eigenvalue weighted by molar-refractivity contribution is 6.80. The van der Waals surface area contributed by atoms with Crippen LogP contribution >= 0.6 is 0 Å². The van der Waals surface area contributed by atoms with E-state index in [2.05, 4.69) is 112 Å². The molecule has 1 unspecified atom stereocenters. The van der Waals surface area contributed by atoms with Gasteiger partial charge in [0, 0.05) is 6.42 Å². The average molecular weight is 489 g/mol. The number of rotatable bonds is 8. The van der Waals surface area contributed by atoms with Crippen LogP contribution in [0.1, 0.15) is 75.2 Å². The van der Waals surface area contributed by atoms with Gasteiger partial charge in [-0.1, -0.05) is 88.5 Å². The Morgan fingerprint density at radius 1 is 0.742 bits per heavy atom. The molecule has 0 aromatic rings. The topological polar surface area (TPSA) is 67.4 Å². The Labute approximate surface area is 196 Å². The van der Waals surface area contributed by atoms with Gasteiger partial charge in [0.1, 0.15) is 8.24 Å². The van der Waals surface area contributed by atoms with E-state index in [9.17, 15) is 9.59 Å². The first kappa shape index (κ1) is 30.6. The van der Waals surface area contributed by atoms with Gasteiger partial charge in [-0.15, -0.1) is 0 Å². The molecule has 0 aliphatic carbocycles. The first-order chi connectivity index (χ1) is 13.3. The molecule has 0 aliphatic rings. The second-order valence-corrected chi connectivity index (χ2v) is 28.5. The summed E-state index contributed by atoms with van der Waals surface area (Å²) in [7, 11) is -6.11. The Balaban J connectivity index is 5.57. The first-order valence-electron chi connectivity index (χ1n) is 11.7. The maximum atomic E-state index is 13.4. The van der Waals surface area contributed by atoms with Crippen molar-refractivity contribution in [2.24, 2.45) is 0 Å². The van der Waals surface area contributed by atoms with E-state index in [0.29, 0.717) is 6.42 Å². The molecule has 0 aliphatic heterocycles. The molecular formula is C23H52N2O3Si3. The van der Waals surface area contributed by atoms with Crippen molar-refractivity contribution in [3.63, 3.8) is 0 Å². The third kappa shape index (κ3) is 8.78. The summed E-state index contributed by atoms with van der Waals surface area (Å²) in [5, 5.41) is 0.108. The summed E-state index contributed by atoms with van der Waals surface area (Å²) >= 11 is 0. The molecule has 5 nitrogen and oxygen atoms in total. The normalized spacial score (nSPS) is 15.5. The Kier molecular flexibility index (Phi) is 9.67. The van der Waals surface area contributed by atoms with Gasteiger partial charge in [-0.2, -0.15) is 0 Å². The van der Waals surface area contributed by atoms with Crippen LogP contribution in [0.2, 0.25) is 54.4 Å². The lowest BCUT2D eigenvalue weighted by molar-refractivity contribution is -0.135. The highest BCUT2D eigenvalue weighted by Crippen LogP contribution is 2.37. The molecule has 0 radical (unpaired) electrons. The lowest BCUT2D eigenvalue weighted by Gasteiger charge is -2.42. The minimum absolute atomic E-state index is 0.0246. The van der Waals surface area contributed by atoms with Crippen molar-refractivity contribution < 1.29 is 14.0 Å². The van der Waals surface area contributed by atoms with Crippen molar-refractivity contribution >= 4 is 36.7 Å². The molecule has 0 spiro atoms. The van der Waals surface area contributed by atoms with E-state index in [1.54, 1.807) is 0 Å². The molecule has 0 saturated carbocycles. The maximum Gasteiger partial charge on any atom is 0.292 e. The lowest BCUT2D eigenvalue weighted by Crippen LogP contribution is -2.64. The van der Waals surface area contributed by atoms with E-state index in [1.807, 2.05) is 0 Å². The van der Waals surface area contributed by atoms with Gasteiger partial charge in [-0.05, 0) is 34.6 Å². The number of carbonyl (C=O) groups is 2. The number of carbonyl (C=O) groups excluding carboxylic acids is 2. The summed E-state index contributed by atoms with van der Waals surface area (Å²) in [6, 6.07) is -0.387. The van der Waals surface area contributed by atoms with Gasteiger partial charge in [-0.3, -0.25) is 9.59 Å². The molecule has 0 heterocycles.